The van der Waals surface area contributed by atoms with Crippen molar-refractivity contribution in [2.45, 2.75) is 31.6 Å². The molecule has 0 unspecified atom stereocenters. The second-order valence-corrected chi connectivity index (χ2v) is 6.15. The average Bonchev–Trinajstić information content (AvgIpc) is 3.06. The number of likely N-dealkylation sites (tertiary alicyclic amines) is 1. The summed E-state index contributed by atoms with van der Waals surface area (Å²) in [6, 6.07) is 7.79. The fraction of sp³-hybridized carbons (Fsp3) is 0.412. The number of nitrogens with zero attached hydrogens (tertiary/aromatic N) is 3. The van der Waals surface area contributed by atoms with Gasteiger partial charge in [0.15, 0.2) is 5.69 Å². The number of aromatic carboxylic acids is 1. The number of carbonyl (C=O) groups is 1. The second kappa shape index (κ2) is 6.87. The summed E-state index contributed by atoms with van der Waals surface area (Å²) in [6.07, 6.45) is -1.70. The molecule has 0 atom stereocenters. The van der Waals surface area contributed by atoms with Gasteiger partial charge in [-0.15, -0.1) is 0 Å². The van der Waals surface area contributed by atoms with Gasteiger partial charge in [-0.25, -0.2) is 4.79 Å². The normalized spacial score (nSPS) is 16.9. The van der Waals surface area contributed by atoms with Crippen molar-refractivity contribution in [3.63, 3.8) is 0 Å². The van der Waals surface area contributed by atoms with Crippen molar-refractivity contribution in [3.8, 4) is 0 Å². The Kier molecular flexibility index (Phi) is 4.80. The highest BCUT2D eigenvalue weighted by Crippen LogP contribution is 2.30. The molecule has 5 nitrogen and oxygen atoms in total. The third-order valence-electron chi connectivity index (χ3n) is 4.47. The number of hydrogen-bond acceptors (Lipinski definition) is 3. The summed E-state index contributed by atoms with van der Waals surface area (Å²) >= 11 is 0. The average molecular weight is 353 g/mol. The summed E-state index contributed by atoms with van der Waals surface area (Å²) in [5.74, 6) is -0.957. The van der Waals surface area contributed by atoms with E-state index in [1.807, 2.05) is 0 Å². The van der Waals surface area contributed by atoms with E-state index in [0.717, 1.165) is 11.6 Å². The number of aromatic nitrogens is 2. The van der Waals surface area contributed by atoms with Gasteiger partial charge in [-0.05, 0) is 30.5 Å². The Morgan fingerprint density at radius 3 is 2.48 bits per heavy atom. The molecule has 1 aromatic carbocycles. The Bertz CT molecular complexity index is 750. The van der Waals surface area contributed by atoms with Gasteiger partial charge in [-0.1, -0.05) is 18.2 Å². The van der Waals surface area contributed by atoms with E-state index in [4.69, 9.17) is 0 Å². The Labute approximate surface area is 142 Å². The lowest BCUT2D eigenvalue weighted by molar-refractivity contribution is -0.141. The van der Waals surface area contributed by atoms with Gasteiger partial charge < -0.3 is 5.11 Å². The summed E-state index contributed by atoms with van der Waals surface area (Å²) in [5, 5.41) is 12.9. The van der Waals surface area contributed by atoms with Gasteiger partial charge in [0.1, 0.15) is 0 Å². The number of hydrogen-bond donors (Lipinski definition) is 1. The van der Waals surface area contributed by atoms with Crippen molar-refractivity contribution in [1.29, 1.82) is 0 Å². The van der Waals surface area contributed by atoms with E-state index < -0.39 is 17.8 Å². The summed E-state index contributed by atoms with van der Waals surface area (Å²) in [4.78, 5) is 13.4. The van der Waals surface area contributed by atoms with Gasteiger partial charge in [0.2, 0.25) is 0 Å². The van der Waals surface area contributed by atoms with Crippen LogP contribution in [-0.2, 0) is 12.7 Å². The van der Waals surface area contributed by atoms with E-state index >= 15 is 0 Å². The van der Waals surface area contributed by atoms with Gasteiger partial charge in [-0.2, -0.15) is 18.3 Å². The lowest BCUT2D eigenvalue weighted by Gasteiger charge is -2.32. The molecule has 0 amide bonds. The predicted molar refractivity (Wildman–Crippen MR) is 84.2 cm³/mol. The van der Waals surface area contributed by atoms with Crippen molar-refractivity contribution in [2.24, 2.45) is 0 Å². The minimum Gasteiger partial charge on any atom is -0.478 e. The van der Waals surface area contributed by atoms with Crippen LogP contribution in [0.4, 0.5) is 13.2 Å². The first-order chi connectivity index (χ1) is 11.8. The maximum Gasteiger partial charge on any atom is 0.435 e. The van der Waals surface area contributed by atoms with Crippen LogP contribution < -0.4 is 0 Å². The molecule has 0 spiro atoms. The number of carboxylic acid groups (broad SMARTS) is 1. The first-order valence-electron chi connectivity index (χ1n) is 8.00. The Hall–Kier alpha value is -2.35. The quantitative estimate of drug-likeness (QED) is 0.915. The topological polar surface area (TPSA) is 58.4 Å². The minimum atomic E-state index is -4.42. The number of halogens is 3. The lowest BCUT2D eigenvalue weighted by atomic mass is 10.0. The summed E-state index contributed by atoms with van der Waals surface area (Å²) in [6.45, 7) is 1.88. The Balaban J connectivity index is 1.61. The Morgan fingerprint density at radius 1 is 1.20 bits per heavy atom. The van der Waals surface area contributed by atoms with Gasteiger partial charge >= 0.3 is 12.1 Å². The zero-order valence-corrected chi connectivity index (χ0v) is 13.4. The van der Waals surface area contributed by atoms with E-state index in [0.29, 0.717) is 32.5 Å². The van der Waals surface area contributed by atoms with Crippen LogP contribution in [0.3, 0.4) is 0 Å². The molecule has 0 saturated carbocycles. The molecule has 3 rings (SSSR count). The monoisotopic (exact) mass is 353 g/mol. The maximum atomic E-state index is 12.6. The molecule has 1 aliphatic heterocycles. The summed E-state index contributed by atoms with van der Waals surface area (Å²) in [5.41, 5.74) is 0.156. The molecule has 1 aromatic heterocycles. The van der Waals surface area contributed by atoms with E-state index in [1.165, 1.54) is 10.9 Å². The number of benzene rings is 1. The van der Waals surface area contributed by atoms with Crippen molar-refractivity contribution in [1.82, 2.24) is 14.7 Å². The SMILES string of the molecule is O=C(O)c1ccccc1CN1CCC(n2ccc(C(F)(F)F)n2)CC1. The van der Waals surface area contributed by atoms with Crippen LogP contribution in [0.15, 0.2) is 36.5 Å². The molecule has 8 heteroatoms. The van der Waals surface area contributed by atoms with Crippen LogP contribution in [0.25, 0.3) is 0 Å². The van der Waals surface area contributed by atoms with E-state index in [-0.39, 0.29) is 11.6 Å². The van der Waals surface area contributed by atoms with E-state index in [9.17, 15) is 23.1 Å². The number of piperidine rings is 1. The third-order valence-corrected chi connectivity index (χ3v) is 4.47. The fourth-order valence-electron chi connectivity index (χ4n) is 3.14. The van der Waals surface area contributed by atoms with Crippen LogP contribution in [0, 0.1) is 0 Å². The van der Waals surface area contributed by atoms with Gasteiger partial charge in [-0.3, -0.25) is 9.58 Å². The molecule has 1 N–H and O–H groups in total. The van der Waals surface area contributed by atoms with Crippen LogP contribution in [0.2, 0.25) is 0 Å². The number of rotatable bonds is 4. The molecule has 0 aliphatic carbocycles. The van der Waals surface area contributed by atoms with Crippen molar-refractivity contribution in [2.75, 3.05) is 13.1 Å². The highest BCUT2D eigenvalue weighted by molar-refractivity contribution is 5.89. The van der Waals surface area contributed by atoms with Gasteiger partial charge in [0.05, 0.1) is 11.6 Å². The van der Waals surface area contributed by atoms with Gasteiger partial charge in [0.25, 0.3) is 0 Å². The van der Waals surface area contributed by atoms with E-state index in [1.54, 1.807) is 24.3 Å². The molecule has 2 heterocycles. The predicted octanol–water partition coefficient (Wildman–Crippen LogP) is 3.44. The third kappa shape index (κ3) is 4.01. The standard InChI is InChI=1S/C17H18F3N3O2/c18-17(19,20)15-7-10-23(21-15)13-5-8-22(9-6-13)11-12-3-1-2-4-14(12)16(24)25/h1-4,7,10,13H,5-6,8-9,11H2,(H,24,25). The number of alkyl halides is 3. The van der Waals surface area contributed by atoms with E-state index in [2.05, 4.69) is 10.00 Å². The molecule has 2 aromatic rings. The second-order valence-electron chi connectivity index (χ2n) is 6.15. The molecule has 1 aliphatic rings. The zero-order valence-electron chi connectivity index (χ0n) is 13.4. The maximum absolute atomic E-state index is 12.6. The molecule has 134 valence electrons. The molecule has 0 bridgehead atoms. The molecule has 1 fully saturated rings. The molecule has 25 heavy (non-hydrogen) atoms. The summed E-state index contributed by atoms with van der Waals surface area (Å²) < 4.78 is 39.3. The van der Waals surface area contributed by atoms with Crippen LogP contribution in [-0.4, -0.2) is 38.8 Å². The summed E-state index contributed by atoms with van der Waals surface area (Å²) in [7, 11) is 0. The first-order valence-corrected chi connectivity index (χ1v) is 8.00. The van der Waals surface area contributed by atoms with Crippen LogP contribution in [0.1, 0.15) is 40.5 Å². The highest BCUT2D eigenvalue weighted by Gasteiger charge is 2.34. The zero-order chi connectivity index (χ0) is 18.0. The van der Waals surface area contributed by atoms with Crippen molar-refractivity contribution < 1.29 is 23.1 Å². The molecular formula is C17H18F3N3O2. The van der Waals surface area contributed by atoms with Crippen molar-refractivity contribution >= 4 is 5.97 Å². The fourth-order valence-corrected chi connectivity index (χ4v) is 3.14. The van der Waals surface area contributed by atoms with Crippen molar-refractivity contribution in [3.05, 3.63) is 53.3 Å². The Morgan fingerprint density at radius 2 is 1.88 bits per heavy atom. The van der Waals surface area contributed by atoms with Gasteiger partial charge in [0, 0.05) is 25.8 Å². The minimum absolute atomic E-state index is 0.0675. The number of carboxylic acids is 1. The smallest absolute Gasteiger partial charge is 0.435 e. The van der Waals surface area contributed by atoms with Crippen LogP contribution in [0.5, 0.6) is 0 Å². The molecule has 1 saturated heterocycles. The largest absolute Gasteiger partial charge is 0.478 e. The molecule has 0 radical (unpaired) electrons. The lowest BCUT2D eigenvalue weighted by Crippen LogP contribution is -2.34. The first kappa shape index (κ1) is 17.5. The molecular weight excluding hydrogens is 335 g/mol. The van der Waals surface area contributed by atoms with Crippen LogP contribution >= 0.6 is 0 Å². The highest BCUT2D eigenvalue weighted by atomic mass is 19.4.